The lowest BCUT2D eigenvalue weighted by Crippen LogP contribution is -2.54. The highest BCUT2D eigenvalue weighted by Crippen LogP contribution is 2.29. The summed E-state index contributed by atoms with van der Waals surface area (Å²) in [5, 5.41) is 2.67. The molecule has 0 aliphatic carbocycles. The fourth-order valence-electron chi connectivity index (χ4n) is 3.25. The lowest BCUT2D eigenvalue weighted by molar-refractivity contribution is -0.122. The van der Waals surface area contributed by atoms with Crippen LogP contribution in [0.3, 0.4) is 0 Å². The van der Waals surface area contributed by atoms with Gasteiger partial charge in [0.2, 0.25) is 0 Å². The van der Waals surface area contributed by atoms with E-state index in [2.05, 4.69) is 21.2 Å². The van der Waals surface area contributed by atoms with Crippen LogP contribution in [-0.4, -0.2) is 17.8 Å². The highest BCUT2D eigenvalue weighted by molar-refractivity contribution is 9.10. The fraction of sp³-hybridized carbons (Fsp3) is 0.0800. The maximum absolute atomic E-state index is 13.1. The zero-order chi connectivity index (χ0) is 23.5. The van der Waals surface area contributed by atoms with Gasteiger partial charge >= 0.3 is 6.03 Å². The summed E-state index contributed by atoms with van der Waals surface area (Å²) in [6.07, 6.45) is 1.42. The van der Waals surface area contributed by atoms with Gasteiger partial charge in [-0.25, -0.2) is 9.69 Å². The van der Waals surface area contributed by atoms with Crippen molar-refractivity contribution in [3.05, 3.63) is 98.5 Å². The topological polar surface area (TPSA) is 75.7 Å². The molecule has 0 aromatic heterocycles. The monoisotopic (exact) mass is 524 g/mol. The molecular formula is C25H18BrClN2O4. The molecule has 1 saturated heterocycles. The van der Waals surface area contributed by atoms with Gasteiger partial charge in [-0.15, -0.1) is 0 Å². The Hall–Kier alpha value is -3.42. The molecule has 0 radical (unpaired) electrons. The summed E-state index contributed by atoms with van der Waals surface area (Å²) in [6.45, 7) is 2.32. The Bertz CT molecular complexity index is 1270. The van der Waals surface area contributed by atoms with Gasteiger partial charge < -0.3 is 4.74 Å². The molecule has 166 valence electrons. The van der Waals surface area contributed by atoms with Crippen molar-refractivity contribution in [1.29, 1.82) is 0 Å². The van der Waals surface area contributed by atoms with E-state index in [1.54, 1.807) is 30.3 Å². The number of aryl methyl sites for hydroxylation is 1. The van der Waals surface area contributed by atoms with Crippen LogP contribution in [0.15, 0.2) is 76.8 Å². The van der Waals surface area contributed by atoms with Gasteiger partial charge in [0.15, 0.2) is 0 Å². The average Bonchev–Trinajstić information content (AvgIpc) is 2.78. The van der Waals surface area contributed by atoms with E-state index < -0.39 is 17.8 Å². The number of rotatable bonds is 5. The number of imide groups is 2. The first-order valence-electron chi connectivity index (χ1n) is 9.97. The first-order chi connectivity index (χ1) is 15.8. The minimum absolute atomic E-state index is 0.192. The molecule has 0 spiro atoms. The minimum atomic E-state index is -0.824. The summed E-state index contributed by atoms with van der Waals surface area (Å²) in [6, 6.07) is 18.6. The predicted octanol–water partition coefficient (Wildman–Crippen LogP) is 5.66. The number of nitrogens with zero attached hydrogens (tertiary/aromatic N) is 1. The largest absolute Gasteiger partial charge is 0.488 e. The highest BCUT2D eigenvalue weighted by Gasteiger charge is 2.37. The van der Waals surface area contributed by atoms with Crippen LogP contribution in [0, 0.1) is 6.92 Å². The number of ether oxygens (including phenoxy) is 1. The van der Waals surface area contributed by atoms with Gasteiger partial charge in [0.25, 0.3) is 11.8 Å². The van der Waals surface area contributed by atoms with E-state index in [1.807, 2.05) is 31.2 Å². The van der Waals surface area contributed by atoms with E-state index in [4.69, 9.17) is 16.3 Å². The molecule has 33 heavy (non-hydrogen) atoms. The average molecular weight is 526 g/mol. The quantitative estimate of drug-likeness (QED) is 0.345. The van der Waals surface area contributed by atoms with Crippen molar-refractivity contribution < 1.29 is 19.1 Å². The van der Waals surface area contributed by atoms with Crippen molar-refractivity contribution in [1.82, 2.24) is 5.32 Å². The van der Waals surface area contributed by atoms with Crippen molar-refractivity contribution in [3.63, 3.8) is 0 Å². The molecule has 3 aromatic rings. The van der Waals surface area contributed by atoms with Gasteiger partial charge in [-0.05, 0) is 61.0 Å². The van der Waals surface area contributed by atoms with Crippen LogP contribution in [0.5, 0.6) is 5.75 Å². The number of benzene rings is 3. The normalized spacial score (nSPS) is 15.1. The molecule has 0 saturated carbocycles. The Morgan fingerprint density at radius 3 is 2.39 bits per heavy atom. The Morgan fingerprint density at radius 2 is 1.70 bits per heavy atom. The van der Waals surface area contributed by atoms with E-state index >= 15 is 0 Å². The number of barbiturate groups is 1. The Balaban J connectivity index is 1.66. The SMILES string of the molecule is Cc1ccc(COc2ccc(Br)cc2/C=C2\C(=O)NC(=O)N(c3ccc(Cl)cc3)C2=O)cc1. The molecular weight excluding hydrogens is 508 g/mol. The van der Waals surface area contributed by atoms with Gasteiger partial charge in [-0.3, -0.25) is 14.9 Å². The Morgan fingerprint density at radius 1 is 1.00 bits per heavy atom. The summed E-state index contributed by atoms with van der Waals surface area (Å²) < 4.78 is 6.71. The smallest absolute Gasteiger partial charge is 0.335 e. The molecule has 4 amide bonds. The maximum atomic E-state index is 13.1. The number of carbonyl (C=O) groups is 3. The van der Waals surface area contributed by atoms with Gasteiger partial charge in [-0.2, -0.15) is 0 Å². The predicted molar refractivity (Wildman–Crippen MR) is 130 cm³/mol. The molecule has 0 bridgehead atoms. The second-order valence-electron chi connectivity index (χ2n) is 7.39. The Labute approximate surface area is 203 Å². The third kappa shape index (κ3) is 5.16. The summed E-state index contributed by atoms with van der Waals surface area (Å²) in [5.41, 5.74) is 2.75. The number of hydrogen-bond donors (Lipinski definition) is 1. The van der Waals surface area contributed by atoms with Crippen LogP contribution in [0.2, 0.25) is 5.02 Å². The third-order valence-corrected chi connectivity index (χ3v) is 5.72. The van der Waals surface area contributed by atoms with Crippen LogP contribution < -0.4 is 15.0 Å². The summed E-state index contributed by atoms with van der Waals surface area (Å²) in [7, 11) is 0. The molecule has 1 fully saturated rings. The molecule has 1 N–H and O–H groups in total. The molecule has 1 aliphatic rings. The molecule has 1 aliphatic heterocycles. The number of hydrogen-bond acceptors (Lipinski definition) is 4. The zero-order valence-corrected chi connectivity index (χ0v) is 19.8. The number of carbonyl (C=O) groups excluding carboxylic acids is 3. The first-order valence-corrected chi connectivity index (χ1v) is 11.1. The number of anilines is 1. The van der Waals surface area contributed by atoms with Crippen molar-refractivity contribution in [3.8, 4) is 5.75 Å². The van der Waals surface area contributed by atoms with Gasteiger partial charge in [0, 0.05) is 15.1 Å². The molecule has 6 nitrogen and oxygen atoms in total. The molecule has 8 heteroatoms. The standard InChI is InChI=1S/C25H18BrClN2O4/c1-15-2-4-16(5-3-15)14-33-22-11-6-18(26)12-17(22)13-21-23(30)28-25(32)29(24(21)31)20-9-7-19(27)8-10-20/h2-13H,14H2,1H3,(H,28,30,32)/b21-13+. The molecule has 0 unspecified atom stereocenters. The lowest BCUT2D eigenvalue weighted by atomic mass is 10.1. The van der Waals surface area contributed by atoms with Crippen LogP contribution >= 0.6 is 27.5 Å². The van der Waals surface area contributed by atoms with Crippen LogP contribution in [0.1, 0.15) is 16.7 Å². The van der Waals surface area contributed by atoms with E-state index in [0.29, 0.717) is 28.6 Å². The minimum Gasteiger partial charge on any atom is -0.488 e. The third-order valence-electron chi connectivity index (χ3n) is 4.97. The molecule has 1 heterocycles. The highest BCUT2D eigenvalue weighted by atomic mass is 79.9. The summed E-state index contributed by atoms with van der Waals surface area (Å²) in [4.78, 5) is 39.0. The van der Waals surface area contributed by atoms with Crippen molar-refractivity contribution in [2.24, 2.45) is 0 Å². The van der Waals surface area contributed by atoms with Gasteiger partial charge in [0.1, 0.15) is 17.9 Å². The molecule has 0 atom stereocenters. The number of amides is 4. The van der Waals surface area contributed by atoms with Crippen molar-refractivity contribution in [2.45, 2.75) is 13.5 Å². The van der Waals surface area contributed by atoms with Crippen LogP contribution in [0.4, 0.5) is 10.5 Å². The van der Waals surface area contributed by atoms with Gasteiger partial charge in [-0.1, -0.05) is 57.4 Å². The maximum Gasteiger partial charge on any atom is 0.335 e. The van der Waals surface area contributed by atoms with Crippen molar-refractivity contribution >= 4 is 57.1 Å². The Kier molecular flexibility index (Phi) is 6.62. The number of nitrogens with one attached hydrogen (secondary N) is 1. The summed E-state index contributed by atoms with van der Waals surface area (Å²) in [5.74, 6) is -1.03. The zero-order valence-electron chi connectivity index (χ0n) is 17.5. The fourth-order valence-corrected chi connectivity index (χ4v) is 3.75. The van der Waals surface area contributed by atoms with E-state index in [1.165, 1.54) is 18.2 Å². The van der Waals surface area contributed by atoms with Crippen LogP contribution in [0.25, 0.3) is 6.08 Å². The molecule has 4 rings (SSSR count). The lowest BCUT2D eigenvalue weighted by Gasteiger charge is -2.26. The second kappa shape index (κ2) is 9.60. The van der Waals surface area contributed by atoms with Crippen LogP contribution in [-0.2, 0) is 16.2 Å². The number of urea groups is 1. The molecule has 3 aromatic carbocycles. The summed E-state index contributed by atoms with van der Waals surface area (Å²) >= 11 is 9.32. The van der Waals surface area contributed by atoms with E-state index in [9.17, 15) is 14.4 Å². The first kappa shape index (κ1) is 22.8. The van der Waals surface area contributed by atoms with E-state index in [-0.39, 0.29) is 5.57 Å². The van der Waals surface area contributed by atoms with Crippen molar-refractivity contribution in [2.75, 3.05) is 4.90 Å². The van der Waals surface area contributed by atoms with E-state index in [0.717, 1.165) is 20.5 Å². The number of halogens is 2. The second-order valence-corrected chi connectivity index (χ2v) is 8.74. The van der Waals surface area contributed by atoms with Gasteiger partial charge in [0.05, 0.1) is 5.69 Å².